The normalized spacial score (nSPS) is 14.9. The van der Waals surface area contributed by atoms with Crippen molar-refractivity contribution in [3.63, 3.8) is 0 Å². The average molecular weight is 278 g/mol. The molecule has 1 fully saturated rings. The van der Waals surface area contributed by atoms with Gasteiger partial charge in [0.15, 0.2) is 0 Å². The maximum atomic E-state index is 11.8. The largest absolute Gasteiger partial charge is 0.475 e. The third-order valence-corrected chi connectivity index (χ3v) is 2.78. The summed E-state index contributed by atoms with van der Waals surface area (Å²) in [6.07, 6.45) is 3.69. The van der Waals surface area contributed by atoms with Crippen LogP contribution in [-0.2, 0) is 4.74 Å². The highest BCUT2D eigenvalue weighted by molar-refractivity contribution is 5.94. The van der Waals surface area contributed by atoms with Crippen molar-refractivity contribution >= 4 is 5.91 Å². The van der Waals surface area contributed by atoms with E-state index in [0.29, 0.717) is 30.7 Å². The molecule has 0 saturated heterocycles. The van der Waals surface area contributed by atoms with Crippen LogP contribution in [0, 0.1) is 0 Å². The first kappa shape index (κ1) is 14.8. The van der Waals surface area contributed by atoms with Gasteiger partial charge in [-0.15, -0.1) is 0 Å². The number of nitrogens with one attached hydrogen (secondary N) is 1. The second-order valence-corrected chi connectivity index (χ2v) is 5.94. The molecule has 1 aliphatic rings. The Balaban J connectivity index is 1.74. The van der Waals surface area contributed by atoms with E-state index in [-0.39, 0.29) is 11.5 Å². The molecule has 1 aromatic rings. The van der Waals surface area contributed by atoms with E-state index in [4.69, 9.17) is 9.47 Å². The zero-order chi connectivity index (χ0) is 14.6. The predicted molar refractivity (Wildman–Crippen MR) is 75.9 cm³/mol. The molecule has 1 amide bonds. The van der Waals surface area contributed by atoms with Gasteiger partial charge in [-0.1, -0.05) is 0 Å². The van der Waals surface area contributed by atoms with E-state index >= 15 is 0 Å². The Morgan fingerprint density at radius 2 is 2.10 bits per heavy atom. The van der Waals surface area contributed by atoms with Crippen molar-refractivity contribution in [2.45, 2.75) is 45.3 Å². The van der Waals surface area contributed by atoms with Crippen LogP contribution in [0.15, 0.2) is 18.3 Å². The average Bonchev–Trinajstić information content (AvgIpc) is 3.18. The SMILES string of the molecule is CC(C)(C)OCCOc1ccc(C(=O)NC2CC2)cn1. The second kappa shape index (κ2) is 6.22. The van der Waals surface area contributed by atoms with E-state index in [2.05, 4.69) is 10.3 Å². The molecule has 0 unspecified atom stereocenters. The van der Waals surface area contributed by atoms with Gasteiger partial charge in [0.1, 0.15) is 6.61 Å². The Morgan fingerprint density at radius 3 is 2.65 bits per heavy atom. The lowest BCUT2D eigenvalue weighted by Crippen LogP contribution is -2.25. The summed E-state index contributed by atoms with van der Waals surface area (Å²) in [5, 5.41) is 2.92. The lowest BCUT2D eigenvalue weighted by Gasteiger charge is -2.19. The van der Waals surface area contributed by atoms with Gasteiger partial charge in [-0.25, -0.2) is 4.98 Å². The molecule has 0 spiro atoms. The zero-order valence-corrected chi connectivity index (χ0v) is 12.3. The highest BCUT2D eigenvalue weighted by atomic mass is 16.5. The van der Waals surface area contributed by atoms with Crippen LogP contribution in [0.1, 0.15) is 44.0 Å². The molecule has 2 rings (SSSR count). The lowest BCUT2D eigenvalue weighted by atomic mass is 10.2. The van der Waals surface area contributed by atoms with Crippen molar-refractivity contribution in [3.8, 4) is 5.88 Å². The number of carbonyl (C=O) groups is 1. The van der Waals surface area contributed by atoms with Gasteiger partial charge < -0.3 is 14.8 Å². The quantitative estimate of drug-likeness (QED) is 0.810. The molecule has 20 heavy (non-hydrogen) atoms. The Labute approximate surface area is 119 Å². The fraction of sp³-hybridized carbons (Fsp3) is 0.600. The van der Waals surface area contributed by atoms with Crippen LogP contribution >= 0.6 is 0 Å². The third-order valence-electron chi connectivity index (χ3n) is 2.78. The number of hydrogen-bond donors (Lipinski definition) is 1. The highest BCUT2D eigenvalue weighted by Gasteiger charge is 2.23. The predicted octanol–water partition coefficient (Wildman–Crippen LogP) is 2.17. The van der Waals surface area contributed by atoms with Crippen LogP contribution in [0.5, 0.6) is 5.88 Å². The van der Waals surface area contributed by atoms with Gasteiger partial charge in [0.05, 0.1) is 17.8 Å². The second-order valence-electron chi connectivity index (χ2n) is 5.94. The lowest BCUT2D eigenvalue weighted by molar-refractivity contribution is -0.0168. The molecule has 0 atom stereocenters. The molecular weight excluding hydrogens is 256 g/mol. The Morgan fingerprint density at radius 1 is 1.35 bits per heavy atom. The number of aromatic nitrogens is 1. The minimum Gasteiger partial charge on any atom is -0.475 e. The summed E-state index contributed by atoms with van der Waals surface area (Å²) >= 11 is 0. The van der Waals surface area contributed by atoms with Crippen LogP contribution in [0.4, 0.5) is 0 Å². The van der Waals surface area contributed by atoms with Crippen LogP contribution in [0.25, 0.3) is 0 Å². The molecule has 0 aliphatic heterocycles. The summed E-state index contributed by atoms with van der Waals surface area (Å²) < 4.78 is 11.0. The molecule has 0 bridgehead atoms. The fourth-order valence-electron chi connectivity index (χ4n) is 1.59. The topological polar surface area (TPSA) is 60.5 Å². The molecule has 5 heteroatoms. The summed E-state index contributed by atoms with van der Waals surface area (Å²) in [7, 11) is 0. The fourth-order valence-corrected chi connectivity index (χ4v) is 1.59. The summed E-state index contributed by atoms with van der Waals surface area (Å²) in [5.74, 6) is 0.438. The van der Waals surface area contributed by atoms with Crippen molar-refractivity contribution in [2.75, 3.05) is 13.2 Å². The molecule has 0 aromatic carbocycles. The Bertz CT molecular complexity index is 447. The van der Waals surface area contributed by atoms with Gasteiger partial charge in [0, 0.05) is 18.3 Å². The van der Waals surface area contributed by atoms with Crippen LogP contribution in [-0.4, -0.2) is 35.7 Å². The van der Waals surface area contributed by atoms with E-state index in [1.807, 2.05) is 20.8 Å². The number of pyridine rings is 1. The number of carbonyl (C=O) groups excluding carboxylic acids is 1. The Kier molecular flexibility index (Phi) is 4.60. The van der Waals surface area contributed by atoms with E-state index in [9.17, 15) is 4.79 Å². The molecular formula is C15H22N2O3. The summed E-state index contributed by atoms with van der Waals surface area (Å²) in [6, 6.07) is 3.79. The van der Waals surface area contributed by atoms with Gasteiger partial charge in [0.2, 0.25) is 5.88 Å². The van der Waals surface area contributed by atoms with Crippen LogP contribution in [0.2, 0.25) is 0 Å². The van der Waals surface area contributed by atoms with Crippen molar-refractivity contribution in [1.29, 1.82) is 0 Å². The Hall–Kier alpha value is -1.62. The molecule has 1 saturated carbocycles. The van der Waals surface area contributed by atoms with Crippen LogP contribution < -0.4 is 10.1 Å². The summed E-state index contributed by atoms with van der Waals surface area (Å²) in [6.45, 7) is 6.95. The number of hydrogen-bond acceptors (Lipinski definition) is 4. The standard InChI is InChI=1S/C15H22N2O3/c1-15(2,3)20-9-8-19-13-7-4-11(10-16-13)14(18)17-12-5-6-12/h4,7,10,12H,5-6,8-9H2,1-3H3,(H,17,18). The maximum Gasteiger partial charge on any atom is 0.253 e. The van der Waals surface area contributed by atoms with Gasteiger partial charge >= 0.3 is 0 Å². The van der Waals surface area contributed by atoms with Gasteiger partial charge in [-0.3, -0.25) is 4.79 Å². The minimum absolute atomic E-state index is 0.0670. The van der Waals surface area contributed by atoms with Crippen molar-refractivity contribution in [2.24, 2.45) is 0 Å². The zero-order valence-electron chi connectivity index (χ0n) is 12.3. The first-order valence-electron chi connectivity index (χ1n) is 6.98. The monoisotopic (exact) mass is 278 g/mol. The van der Waals surface area contributed by atoms with E-state index < -0.39 is 0 Å². The first-order chi connectivity index (χ1) is 9.44. The molecule has 1 heterocycles. The van der Waals surface area contributed by atoms with Crippen molar-refractivity contribution in [1.82, 2.24) is 10.3 Å². The van der Waals surface area contributed by atoms with Gasteiger partial charge in [-0.2, -0.15) is 0 Å². The van der Waals surface area contributed by atoms with Crippen molar-refractivity contribution < 1.29 is 14.3 Å². The number of rotatable bonds is 6. The van der Waals surface area contributed by atoms with Gasteiger partial charge in [-0.05, 0) is 39.7 Å². The minimum atomic E-state index is -0.165. The molecule has 1 aliphatic carbocycles. The van der Waals surface area contributed by atoms with E-state index in [0.717, 1.165) is 12.8 Å². The summed E-state index contributed by atoms with van der Waals surface area (Å²) in [4.78, 5) is 15.9. The van der Waals surface area contributed by atoms with Gasteiger partial charge in [0.25, 0.3) is 5.91 Å². The molecule has 1 N–H and O–H groups in total. The van der Waals surface area contributed by atoms with Crippen molar-refractivity contribution in [3.05, 3.63) is 23.9 Å². The van der Waals surface area contributed by atoms with E-state index in [1.54, 1.807) is 12.1 Å². The molecule has 1 aromatic heterocycles. The molecule has 110 valence electrons. The number of amides is 1. The molecule has 0 radical (unpaired) electrons. The maximum absolute atomic E-state index is 11.8. The molecule has 5 nitrogen and oxygen atoms in total. The summed E-state index contributed by atoms with van der Waals surface area (Å²) in [5.41, 5.74) is 0.400. The van der Waals surface area contributed by atoms with Crippen LogP contribution in [0.3, 0.4) is 0 Å². The third kappa shape index (κ3) is 5.17. The number of ether oxygens (including phenoxy) is 2. The first-order valence-corrected chi connectivity index (χ1v) is 6.98. The van der Waals surface area contributed by atoms with E-state index in [1.165, 1.54) is 6.20 Å². The highest BCUT2D eigenvalue weighted by Crippen LogP contribution is 2.19. The number of nitrogens with zero attached hydrogens (tertiary/aromatic N) is 1. The smallest absolute Gasteiger partial charge is 0.253 e.